The van der Waals surface area contributed by atoms with Crippen molar-refractivity contribution in [3.05, 3.63) is 70.6 Å². The molecule has 8 nitrogen and oxygen atoms in total. The summed E-state index contributed by atoms with van der Waals surface area (Å²) in [5.41, 5.74) is 3.12. The van der Waals surface area contributed by atoms with Crippen LogP contribution in [0, 0.1) is 6.92 Å². The quantitative estimate of drug-likeness (QED) is 0.555. The lowest BCUT2D eigenvalue weighted by atomic mass is 10.2. The minimum absolute atomic E-state index is 0.0877. The highest BCUT2D eigenvalue weighted by Gasteiger charge is 2.22. The number of hydrogen-bond donors (Lipinski definition) is 1. The molecule has 31 heavy (non-hydrogen) atoms. The molecule has 0 saturated carbocycles. The number of fused-ring (bicyclic) bond motifs is 3. The van der Waals surface area contributed by atoms with E-state index in [0.717, 1.165) is 17.8 Å². The summed E-state index contributed by atoms with van der Waals surface area (Å²) in [6.45, 7) is 2.38. The first kappa shape index (κ1) is 19.0. The van der Waals surface area contributed by atoms with E-state index in [1.807, 2.05) is 25.1 Å². The second-order valence-electron chi connectivity index (χ2n) is 7.71. The number of para-hydroxylation sites is 1. The van der Waals surface area contributed by atoms with Gasteiger partial charge in [-0.15, -0.1) is 0 Å². The van der Waals surface area contributed by atoms with Crippen LogP contribution in [0.2, 0.25) is 0 Å². The summed E-state index contributed by atoms with van der Waals surface area (Å²) >= 11 is 0. The predicted octanol–water partition coefficient (Wildman–Crippen LogP) is 2.72. The smallest absolute Gasteiger partial charge is 0.262 e. The van der Waals surface area contributed by atoms with E-state index in [4.69, 9.17) is 0 Å². The Morgan fingerprint density at radius 3 is 2.74 bits per heavy atom. The number of anilines is 2. The van der Waals surface area contributed by atoms with E-state index in [9.17, 15) is 14.4 Å². The fourth-order valence-electron chi connectivity index (χ4n) is 4.11. The van der Waals surface area contributed by atoms with E-state index < -0.39 is 0 Å². The van der Waals surface area contributed by atoms with Crippen LogP contribution >= 0.6 is 0 Å². The number of aryl methyl sites for hydroxylation is 1. The Morgan fingerprint density at radius 1 is 1.10 bits per heavy atom. The van der Waals surface area contributed by atoms with Crippen LogP contribution in [0.3, 0.4) is 0 Å². The number of rotatable bonds is 4. The molecule has 0 aliphatic carbocycles. The van der Waals surface area contributed by atoms with Crippen LogP contribution in [0.4, 0.5) is 11.4 Å². The highest BCUT2D eigenvalue weighted by molar-refractivity contribution is 5.97. The third kappa shape index (κ3) is 3.35. The average molecular weight is 415 g/mol. The fraction of sp³-hybridized carbons (Fsp3) is 0.217. The minimum atomic E-state index is -0.331. The van der Waals surface area contributed by atoms with Crippen molar-refractivity contribution in [2.75, 3.05) is 16.8 Å². The van der Waals surface area contributed by atoms with Crippen LogP contribution in [0.1, 0.15) is 18.5 Å². The number of hydrogen-bond acceptors (Lipinski definition) is 4. The molecule has 5 rings (SSSR count). The summed E-state index contributed by atoms with van der Waals surface area (Å²) in [6.07, 6.45) is 1.38. The van der Waals surface area contributed by atoms with Gasteiger partial charge in [-0.05, 0) is 43.7 Å². The second-order valence-corrected chi connectivity index (χ2v) is 7.71. The number of aromatic nitrogens is 3. The summed E-state index contributed by atoms with van der Waals surface area (Å²) < 4.78 is 3.13. The lowest BCUT2D eigenvalue weighted by molar-refractivity contribution is -0.117. The van der Waals surface area contributed by atoms with Crippen molar-refractivity contribution in [3.8, 4) is 0 Å². The summed E-state index contributed by atoms with van der Waals surface area (Å²) in [5, 5.41) is 7.83. The molecule has 4 aromatic rings. The Balaban J connectivity index is 1.46. The molecule has 3 heterocycles. The van der Waals surface area contributed by atoms with Crippen molar-refractivity contribution in [2.24, 2.45) is 0 Å². The zero-order valence-electron chi connectivity index (χ0n) is 17.0. The maximum Gasteiger partial charge on any atom is 0.262 e. The highest BCUT2D eigenvalue weighted by Crippen LogP contribution is 2.24. The molecule has 8 heteroatoms. The molecular weight excluding hydrogens is 394 g/mol. The second kappa shape index (κ2) is 7.39. The average Bonchev–Trinajstić information content (AvgIpc) is 3.36. The Labute approximate surface area is 177 Å². The van der Waals surface area contributed by atoms with Crippen molar-refractivity contribution >= 4 is 39.7 Å². The largest absolute Gasteiger partial charge is 0.324 e. The third-order valence-corrected chi connectivity index (χ3v) is 5.51. The predicted molar refractivity (Wildman–Crippen MR) is 118 cm³/mol. The van der Waals surface area contributed by atoms with Gasteiger partial charge in [-0.2, -0.15) is 5.10 Å². The molecule has 0 atom stereocenters. The number of nitrogens with zero attached hydrogens (tertiary/aromatic N) is 4. The summed E-state index contributed by atoms with van der Waals surface area (Å²) in [6, 6.07) is 16.2. The molecule has 1 N–H and O–H groups in total. The molecule has 2 aromatic carbocycles. The van der Waals surface area contributed by atoms with E-state index >= 15 is 0 Å². The van der Waals surface area contributed by atoms with Crippen LogP contribution in [0.15, 0.2) is 59.4 Å². The van der Waals surface area contributed by atoms with E-state index in [0.29, 0.717) is 35.2 Å². The maximum atomic E-state index is 13.1. The van der Waals surface area contributed by atoms with Gasteiger partial charge in [0.15, 0.2) is 0 Å². The molecule has 2 amide bonds. The maximum absolute atomic E-state index is 13.1. The van der Waals surface area contributed by atoms with E-state index in [-0.39, 0.29) is 23.9 Å². The first-order valence-electron chi connectivity index (χ1n) is 10.2. The summed E-state index contributed by atoms with van der Waals surface area (Å²) in [4.78, 5) is 39.7. The SMILES string of the molecule is Cc1cc2n(CC(=O)Nc3cccc(N4CCCC4=O)c3)c(=O)c3ccccc3n2n1. The van der Waals surface area contributed by atoms with Gasteiger partial charge in [0.1, 0.15) is 12.2 Å². The van der Waals surface area contributed by atoms with E-state index in [1.165, 1.54) is 4.57 Å². The van der Waals surface area contributed by atoms with Crippen molar-refractivity contribution < 1.29 is 9.59 Å². The molecule has 1 fully saturated rings. The number of nitrogens with one attached hydrogen (secondary N) is 1. The lowest BCUT2D eigenvalue weighted by Crippen LogP contribution is -2.29. The van der Waals surface area contributed by atoms with E-state index in [1.54, 1.807) is 45.8 Å². The van der Waals surface area contributed by atoms with Gasteiger partial charge in [-0.1, -0.05) is 18.2 Å². The molecule has 0 radical (unpaired) electrons. The third-order valence-electron chi connectivity index (χ3n) is 5.51. The van der Waals surface area contributed by atoms with Crippen molar-refractivity contribution in [1.82, 2.24) is 14.2 Å². The van der Waals surface area contributed by atoms with Crippen molar-refractivity contribution in [2.45, 2.75) is 26.3 Å². The minimum Gasteiger partial charge on any atom is -0.324 e. The number of carbonyl (C=O) groups excluding carboxylic acids is 2. The molecule has 1 aliphatic rings. The van der Waals surface area contributed by atoms with Gasteiger partial charge >= 0.3 is 0 Å². The van der Waals surface area contributed by atoms with Crippen LogP contribution in [-0.2, 0) is 16.1 Å². The topological polar surface area (TPSA) is 88.7 Å². The molecule has 2 aromatic heterocycles. The highest BCUT2D eigenvalue weighted by atomic mass is 16.2. The zero-order valence-corrected chi connectivity index (χ0v) is 17.0. The van der Waals surface area contributed by atoms with Gasteiger partial charge in [0.25, 0.3) is 5.56 Å². The first-order chi connectivity index (χ1) is 15.0. The Bertz CT molecular complexity index is 1400. The van der Waals surface area contributed by atoms with Gasteiger partial charge in [-0.25, -0.2) is 4.52 Å². The molecular formula is C23H21N5O3. The summed E-state index contributed by atoms with van der Waals surface area (Å²) in [7, 11) is 0. The molecule has 156 valence electrons. The number of carbonyl (C=O) groups is 2. The van der Waals surface area contributed by atoms with Gasteiger partial charge in [0.05, 0.1) is 16.6 Å². The van der Waals surface area contributed by atoms with Crippen LogP contribution in [-0.4, -0.2) is 32.5 Å². The fourth-order valence-corrected chi connectivity index (χ4v) is 4.11. The normalized spacial score (nSPS) is 14.0. The van der Waals surface area contributed by atoms with Crippen LogP contribution < -0.4 is 15.8 Å². The van der Waals surface area contributed by atoms with Crippen LogP contribution in [0.25, 0.3) is 16.6 Å². The standard InChI is InChI=1S/C23H21N5O3/c1-15-12-21-27(23(31)18-8-2-3-9-19(18)28(21)25-15)14-20(29)24-16-6-4-7-17(13-16)26-11-5-10-22(26)30/h2-4,6-9,12-13H,5,10-11,14H2,1H3,(H,24,29). The van der Waals surface area contributed by atoms with Gasteiger partial charge in [-0.3, -0.25) is 19.0 Å². The first-order valence-corrected chi connectivity index (χ1v) is 10.2. The zero-order chi connectivity index (χ0) is 21.5. The molecule has 1 aliphatic heterocycles. The Kier molecular flexibility index (Phi) is 4.54. The van der Waals surface area contributed by atoms with E-state index in [2.05, 4.69) is 10.4 Å². The monoisotopic (exact) mass is 415 g/mol. The van der Waals surface area contributed by atoms with Crippen LogP contribution in [0.5, 0.6) is 0 Å². The Hall–Kier alpha value is -3.94. The molecule has 0 unspecified atom stereocenters. The van der Waals surface area contributed by atoms with Gasteiger partial charge in [0.2, 0.25) is 11.8 Å². The molecule has 1 saturated heterocycles. The summed E-state index contributed by atoms with van der Waals surface area (Å²) in [5.74, 6) is -0.243. The lowest BCUT2D eigenvalue weighted by Gasteiger charge is -2.17. The Morgan fingerprint density at radius 2 is 1.94 bits per heavy atom. The number of benzene rings is 2. The van der Waals surface area contributed by atoms with Crippen molar-refractivity contribution in [3.63, 3.8) is 0 Å². The molecule has 0 spiro atoms. The van der Waals surface area contributed by atoms with Crippen molar-refractivity contribution in [1.29, 1.82) is 0 Å². The van der Waals surface area contributed by atoms with Gasteiger partial charge in [0, 0.05) is 30.4 Å². The number of amides is 2. The van der Waals surface area contributed by atoms with Gasteiger partial charge < -0.3 is 10.2 Å². The molecule has 0 bridgehead atoms.